The SMILES string of the molecule is CCPCCC1(CC)OCCCO1. The molecule has 0 aromatic rings. The Morgan fingerprint density at radius 3 is 2.46 bits per heavy atom. The van der Waals surface area contributed by atoms with Gasteiger partial charge in [-0.15, -0.1) is 8.58 Å². The lowest BCUT2D eigenvalue weighted by Gasteiger charge is -2.36. The summed E-state index contributed by atoms with van der Waals surface area (Å²) in [6, 6.07) is 0. The van der Waals surface area contributed by atoms with Crippen molar-refractivity contribution in [3.05, 3.63) is 0 Å². The largest absolute Gasteiger partial charge is 0.350 e. The smallest absolute Gasteiger partial charge is 0.168 e. The third kappa shape index (κ3) is 3.53. The van der Waals surface area contributed by atoms with Crippen LogP contribution in [0.4, 0.5) is 0 Å². The van der Waals surface area contributed by atoms with E-state index in [1.807, 2.05) is 0 Å². The topological polar surface area (TPSA) is 18.5 Å². The molecule has 1 aliphatic heterocycles. The Morgan fingerprint density at radius 1 is 1.23 bits per heavy atom. The molecule has 0 bridgehead atoms. The highest BCUT2D eigenvalue weighted by Gasteiger charge is 2.31. The standard InChI is InChI=1S/C10H21O2P/c1-3-10(6-9-13-4-2)11-7-5-8-12-10/h13H,3-9H2,1-2H3. The molecule has 0 aliphatic carbocycles. The fourth-order valence-electron chi connectivity index (χ4n) is 1.60. The average molecular weight is 204 g/mol. The fraction of sp³-hybridized carbons (Fsp3) is 1.00. The summed E-state index contributed by atoms with van der Waals surface area (Å²) in [5.74, 6) is -0.222. The van der Waals surface area contributed by atoms with Crippen molar-refractivity contribution in [2.75, 3.05) is 25.5 Å². The first-order chi connectivity index (χ1) is 6.33. The van der Waals surface area contributed by atoms with Gasteiger partial charge >= 0.3 is 0 Å². The fourth-order valence-corrected chi connectivity index (χ4v) is 2.51. The van der Waals surface area contributed by atoms with Gasteiger partial charge in [0.05, 0.1) is 13.2 Å². The van der Waals surface area contributed by atoms with E-state index in [9.17, 15) is 0 Å². The Morgan fingerprint density at radius 2 is 1.92 bits per heavy atom. The third-order valence-electron chi connectivity index (χ3n) is 2.49. The van der Waals surface area contributed by atoms with E-state index in [2.05, 4.69) is 13.8 Å². The molecule has 13 heavy (non-hydrogen) atoms. The average Bonchev–Trinajstić information content (AvgIpc) is 2.20. The van der Waals surface area contributed by atoms with Crippen LogP contribution in [0.5, 0.6) is 0 Å². The first-order valence-electron chi connectivity index (χ1n) is 5.31. The van der Waals surface area contributed by atoms with Crippen molar-refractivity contribution in [2.24, 2.45) is 0 Å². The van der Waals surface area contributed by atoms with Crippen molar-refractivity contribution >= 4 is 8.58 Å². The maximum absolute atomic E-state index is 5.74. The minimum atomic E-state index is -0.222. The molecule has 0 radical (unpaired) electrons. The van der Waals surface area contributed by atoms with Crippen LogP contribution in [-0.4, -0.2) is 31.3 Å². The van der Waals surface area contributed by atoms with Crippen molar-refractivity contribution < 1.29 is 9.47 Å². The lowest BCUT2D eigenvalue weighted by atomic mass is 10.1. The van der Waals surface area contributed by atoms with Crippen LogP contribution in [0.3, 0.4) is 0 Å². The predicted molar refractivity (Wildman–Crippen MR) is 57.9 cm³/mol. The predicted octanol–water partition coefficient (Wildman–Crippen LogP) is 2.62. The van der Waals surface area contributed by atoms with Crippen molar-refractivity contribution in [3.8, 4) is 0 Å². The van der Waals surface area contributed by atoms with E-state index >= 15 is 0 Å². The van der Waals surface area contributed by atoms with E-state index in [4.69, 9.17) is 9.47 Å². The van der Waals surface area contributed by atoms with Gasteiger partial charge < -0.3 is 9.47 Å². The van der Waals surface area contributed by atoms with Gasteiger partial charge in [0.2, 0.25) is 0 Å². The molecular formula is C10H21O2P. The lowest BCUT2D eigenvalue weighted by Crippen LogP contribution is -2.40. The molecule has 1 rings (SSSR count). The minimum Gasteiger partial charge on any atom is -0.350 e. The second kappa shape index (κ2) is 5.95. The summed E-state index contributed by atoms with van der Waals surface area (Å²) in [7, 11) is 1.06. The molecule has 2 nitrogen and oxygen atoms in total. The van der Waals surface area contributed by atoms with Crippen LogP contribution < -0.4 is 0 Å². The van der Waals surface area contributed by atoms with Gasteiger partial charge in [-0.2, -0.15) is 0 Å². The van der Waals surface area contributed by atoms with Crippen LogP contribution in [-0.2, 0) is 9.47 Å². The molecule has 0 spiro atoms. The van der Waals surface area contributed by atoms with Gasteiger partial charge in [-0.1, -0.05) is 13.8 Å². The highest BCUT2D eigenvalue weighted by molar-refractivity contribution is 7.37. The Hall–Kier alpha value is 0.350. The van der Waals surface area contributed by atoms with Gasteiger partial charge in [0.1, 0.15) is 0 Å². The van der Waals surface area contributed by atoms with E-state index in [0.717, 1.165) is 41.1 Å². The molecule has 1 heterocycles. The molecule has 1 aliphatic rings. The molecular weight excluding hydrogens is 183 g/mol. The van der Waals surface area contributed by atoms with Crippen molar-refractivity contribution in [2.45, 2.75) is 38.9 Å². The molecule has 3 heteroatoms. The Balaban J connectivity index is 2.29. The van der Waals surface area contributed by atoms with Gasteiger partial charge in [0, 0.05) is 6.42 Å². The first kappa shape index (κ1) is 11.4. The van der Waals surface area contributed by atoms with Gasteiger partial charge in [-0.05, 0) is 25.2 Å². The zero-order chi connectivity index (χ0) is 9.57. The summed E-state index contributed by atoms with van der Waals surface area (Å²) in [5, 5.41) is 0. The molecule has 0 aromatic carbocycles. The zero-order valence-electron chi connectivity index (χ0n) is 8.77. The van der Waals surface area contributed by atoms with E-state index in [1.165, 1.54) is 12.3 Å². The molecule has 1 fully saturated rings. The Labute approximate surface area is 83.2 Å². The zero-order valence-corrected chi connectivity index (χ0v) is 9.77. The highest BCUT2D eigenvalue weighted by Crippen LogP contribution is 2.29. The summed E-state index contributed by atoms with van der Waals surface area (Å²) in [6.07, 6.45) is 5.67. The molecule has 1 unspecified atom stereocenters. The van der Waals surface area contributed by atoms with Crippen LogP contribution in [0.1, 0.15) is 33.1 Å². The number of ether oxygens (including phenoxy) is 2. The van der Waals surface area contributed by atoms with Crippen LogP contribution in [0.2, 0.25) is 0 Å². The van der Waals surface area contributed by atoms with Crippen LogP contribution in [0, 0.1) is 0 Å². The van der Waals surface area contributed by atoms with E-state index < -0.39 is 0 Å². The molecule has 78 valence electrons. The first-order valence-corrected chi connectivity index (χ1v) is 6.73. The molecule has 0 aromatic heterocycles. The summed E-state index contributed by atoms with van der Waals surface area (Å²) in [6.45, 7) is 6.15. The number of rotatable bonds is 5. The molecule has 0 saturated carbocycles. The van der Waals surface area contributed by atoms with Crippen molar-refractivity contribution in [1.29, 1.82) is 0 Å². The minimum absolute atomic E-state index is 0.222. The van der Waals surface area contributed by atoms with Gasteiger partial charge in [-0.25, -0.2) is 0 Å². The van der Waals surface area contributed by atoms with E-state index in [0.29, 0.717) is 0 Å². The summed E-state index contributed by atoms with van der Waals surface area (Å²) in [4.78, 5) is 0. The van der Waals surface area contributed by atoms with Crippen LogP contribution in [0.15, 0.2) is 0 Å². The maximum atomic E-state index is 5.74. The van der Waals surface area contributed by atoms with Crippen LogP contribution >= 0.6 is 8.58 Å². The second-order valence-electron chi connectivity index (χ2n) is 3.42. The number of hydrogen-bond acceptors (Lipinski definition) is 2. The quantitative estimate of drug-likeness (QED) is 0.506. The summed E-state index contributed by atoms with van der Waals surface area (Å²) < 4.78 is 11.5. The summed E-state index contributed by atoms with van der Waals surface area (Å²) in [5.41, 5.74) is 0. The highest BCUT2D eigenvalue weighted by atomic mass is 31.1. The van der Waals surface area contributed by atoms with Gasteiger partial charge in [0.25, 0.3) is 0 Å². The van der Waals surface area contributed by atoms with Gasteiger partial charge in [0.15, 0.2) is 5.79 Å². The number of hydrogen-bond donors (Lipinski definition) is 0. The van der Waals surface area contributed by atoms with E-state index in [1.54, 1.807) is 0 Å². The van der Waals surface area contributed by atoms with Crippen LogP contribution in [0.25, 0.3) is 0 Å². The Kier molecular flexibility index (Phi) is 5.23. The lowest BCUT2D eigenvalue weighted by molar-refractivity contribution is -0.268. The normalized spacial score (nSPS) is 22.6. The molecule has 1 atom stereocenters. The summed E-state index contributed by atoms with van der Waals surface area (Å²) >= 11 is 0. The van der Waals surface area contributed by atoms with Crippen molar-refractivity contribution in [3.63, 3.8) is 0 Å². The second-order valence-corrected chi connectivity index (χ2v) is 5.13. The molecule has 1 saturated heterocycles. The molecule has 0 amide bonds. The monoisotopic (exact) mass is 204 g/mol. The third-order valence-corrected chi connectivity index (χ3v) is 3.59. The maximum Gasteiger partial charge on any atom is 0.168 e. The Bertz CT molecular complexity index is 133. The van der Waals surface area contributed by atoms with Crippen molar-refractivity contribution in [1.82, 2.24) is 0 Å². The van der Waals surface area contributed by atoms with E-state index in [-0.39, 0.29) is 5.79 Å². The van der Waals surface area contributed by atoms with Gasteiger partial charge in [-0.3, -0.25) is 0 Å². The molecule has 0 N–H and O–H groups in total.